The van der Waals surface area contributed by atoms with Gasteiger partial charge >= 0.3 is 0 Å². The summed E-state index contributed by atoms with van der Waals surface area (Å²) in [7, 11) is 4.21. The molecule has 0 amide bonds. The van der Waals surface area contributed by atoms with E-state index in [0.29, 0.717) is 12.0 Å². The summed E-state index contributed by atoms with van der Waals surface area (Å²) in [4.78, 5) is 13.2. The number of aromatic nitrogens is 2. The number of nitrogens with zero attached hydrogens (tertiary/aromatic N) is 4. The SMILES string of the molecule is CCNc1cc(N2CCCC2CN(C)C)nc(N)n1. The Hall–Kier alpha value is -1.56. The molecule has 1 aliphatic heterocycles. The summed E-state index contributed by atoms with van der Waals surface area (Å²) in [6.07, 6.45) is 2.41. The molecule has 19 heavy (non-hydrogen) atoms. The fourth-order valence-corrected chi connectivity index (χ4v) is 2.62. The van der Waals surface area contributed by atoms with Gasteiger partial charge in [-0.15, -0.1) is 0 Å². The van der Waals surface area contributed by atoms with Crippen molar-refractivity contribution in [1.82, 2.24) is 14.9 Å². The van der Waals surface area contributed by atoms with Gasteiger partial charge in [-0.2, -0.15) is 9.97 Å². The molecule has 0 bridgehead atoms. The van der Waals surface area contributed by atoms with E-state index in [9.17, 15) is 0 Å². The van der Waals surface area contributed by atoms with E-state index in [1.807, 2.05) is 13.0 Å². The Morgan fingerprint density at radius 1 is 1.47 bits per heavy atom. The minimum absolute atomic E-state index is 0.337. The van der Waals surface area contributed by atoms with Crippen molar-refractivity contribution in [3.63, 3.8) is 0 Å². The Morgan fingerprint density at radius 3 is 2.95 bits per heavy atom. The zero-order chi connectivity index (χ0) is 13.8. The average molecular weight is 264 g/mol. The first kappa shape index (κ1) is 13.9. The van der Waals surface area contributed by atoms with Crippen LogP contribution in [0.15, 0.2) is 6.07 Å². The van der Waals surface area contributed by atoms with Crippen LogP contribution in [-0.4, -0.2) is 54.6 Å². The lowest BCUT2D eigenvalue weighted by Crippen LogP contribution is -2.38. The zero-order valence-corrected chi connectivity index (χ0v) is 12.1. The van der Waals surface area contributed by atoms with Crippen LogP contribution < -0.4 is 16.0 Å². The third-order valence-corrected chi connectivity index (χ3v) is 3.34. The van der Waals surface area contributed by atoms with Crippen molar-refractivity contribution in [3.8, 4) is 0 Å². The van der Waals surface area contributed by atoms with Gasteiger partial charge in [-0.3, -0.25) is 0 Å². The van der Waals surface area contributed by atoms with E-state index in [1.165, 1.54) is 12.8 Å². The van der Waals surface area contributed by atoms with Crippen LogP contribution in [0, 0.1) is 0 Å². The number of nitrogen functional groups attached to an aromatic ring is 1. The Labute approximate surface area is 115 Å². The lowest BCUT2D eigenvalue weighted by molar-refractivity contribution is 0.371. The molecule has 1 atom stereocenters. The second-order valence-electron chi connectivity index (χ2n) is 5.25. The second kappa shape index (κ2) is 6.06. The van der Waals surface area contributed by atoms with E-state index in [-0.39, 0.29) is 0 Å². The molecular weight excluding hydrogens is 240 g/mol. The lowest BCUT2D eigenvalue weighted by Gasteiger charge is -2.28. The Morgan fingerprint density at radius 2 is 2.26 bits per heavy atom. The molecule has 2 heterocycles. The summed E-state index contributed by atoms with van der Waals surface area (Å²) in [5.74, 6) is 2.08. The van der Waals surface area contributed by atoms with Crippen LogP contribution in [0.1, 0.15) is 19.8 Å². The Bertz CT molecular complexity index is 420. The van der Waals surface area contributed by atoms with Gasteiger partial charge in [0.2, 0.25) is 5.95 Å². The highest BCUT2D eigenvalue weighted by Gasteiger charge is 2.26. The van der Waals surface area contributed by atoms with Gasteiger partial charge in [-0.25, -0.2) is 0 Å². The van der Waals surface area contributed by atoms with Crippen molar-refractivity contribution in [2.45, 2.75) is 25.8 Å². The summed E-state index contributed by atoms with van der Waals surface area (Å²) in [5, 5.41) is 3.20. The molecule has 0 saturated carbocycles. The van der Waals surface area contributed by atoms with Crippen LogP contribution in [0.4, 0.5) is 17.6 Å². The molecule has 1 aromatic rings. The molecule has 0 spiro atoms. The van der Waals surface area contributed by atoms with Gasteiger partial charge in [0.15, 0.2) is 0 Å². The average Bonchev–Trinajstić information content (AvgIpc) is 2.75. The van der Waals surface area contributed by atoms with Crippen LogP contribution in [0.3, 0.4) is 0 Å². The standard InChI is InChI=1S/C13H24N6/c1-4-15-11-8-12(17-13(14)16-11)19-7-5-6-10(19)9-18(2)3/h8,10H,4-7,9H2,1-3H3,(H3,14,15,16,17). The summed E-state index contributed by atoms with van der Waals surface area (Å²) < 4.78 is 0. The molecule has 0 aliphatic carbocycles. The molecule has 1 aromatic heterocycles. The molecule has 2 rings (SSSR count). The molecule has 0 aromatic carbocycles. The molecule has 1 fully saturated rings. The third-order valence-electron chi connectivity index (χ3n) is 3.34. The molecule has 1 aliphatic rings. The lowest BCUT2D eigenvalue weighted by atomic mass is 10.2. The van der Waals surface area contributed by atoms with E-state index in [1.54, 1.807) is 0 Å². The molecule has 1 unspecified atom stereocenters. The topological polar surface area (TPSA) is 70.3 Å². The smallest absolute Gasteiger partial charge is 0.223 e. The van der Waals surface area contributed by atoms with Crippen molar-refractivity contribution < 1.29 is 0 Å². The van der Waals surface area contributed by atoms with Crippen LogP contribution in [0.25, 0.3) is 0 Å². The van der Waals surface area contributed by atoms with E-state index in [0.717, 1.165) is 31.3 Å². The quantitative estimate of drug-likeness (QED) is 0.827. The number of hydrogen-bond donors (Lipinski definition) is 2. The first-order valence-corrected chi connectivity index (χ1v) is 6.90. The molecule has 106 valence electrons. The van der Waals surface area contributed by atoms with Gasteiger partial charge in [-0.1, -0.05) is 0 Å². The number of nitrogens with two attached hydrogens (primary N) is 1. The fraction of sp³-hybridized carbons (Fsp3) is 0.692. The number of rotatable bonds is 5. The monoisotopic (exact) mass is 264 g/mol. The van der Waals surface area contributed by atoms with Crippen molar-refractivity contribution in [2.24, 2.45) is 0 Å². The number of hydrogen-bond acceptors (Lipinski definition) is 6. The Balaban J connectivity index is 2.19. The molecule has 3 N–H and O–H groups in total. The van der Waals surface area contributed by atoms with Crippen LogP contribution >= 0.6 is 0 Å². The van der Waals surface area contributed by atoms with Crippen LogP contribution in [0.2, 0.25) is 0 Å². The third kappa shape index (κ3) is 3.47. The number of likely N-dealkylation sites (N-methyl/N-ethyl adjacent to an activating group) is 1. The molecular formula is C13H24N6. The predicted molar refractivity (Wildman–Crippen MR) is 79.5 cm³/mol. The summed E-state index contributed by atoms with van der Waals surface area (Å²) in [5.41, 5.74) is 5.80. The summed E-state index contributed by atoms with van der Waals surface area (Å²) >= 11 is 0. The van der Waals surface area contributed by atoms with Crippen LogP contribution in [-0.2, 0) is 0 Å². The maximum atomic E-state index is 5.80. The highest BCUT2D eigenvalue weighted by atomic mass is 15.3. The van der Waals surface area contributed by atoms with Crippen molar-refractivity contribution in [2.75, 3.05) is 49.7 Å². The number of nitrogens with one attached hydrogen (secondary N) is 1. The highest BCUT2D eigenvalue weighted by Crippen LogP contribution is 2.26. The van der Waals surface area contributed by atoms with Gasteiger partial charge in [0, 0.05) is 31.7 Å². The van der Waals surface area contributed by atoms with E-state index in [2.05, 4.69) is 39.2 Å². The molecule has 6 heteroatoms. The first-order chi connectivity index (χ1) is 9.10. The van der Waals surface area contributed by atoms with Gasteiger partial charge in [-0.05, 0) is 33.9 Å². The number of anilines is 3. The fourth-order valence-electron chi connectivity index (χ4n) is 2.62. The minimum Gasteiger partial charge on any atom is -0.370 e. The zero-order valence-electron chi connectivity index (χ0n) is 12.1. The van der Waals surface area contributed by atoms with Gasteiger partial charge in [0.25, 0.3) is 0 Å². The second-order valence-corrected chi connectivity index (χ2v) is 5.25. The van der Waals surface area contributed by atoms with Crippen molar-refractivity contribution >= 4 is 17.6 Å². The minimum atomic E-state index is 0.337. The van der Waals surface area contributed by atoms with Crippen LogP contribution in [0.5, 0.6) is 0 Å². The first-order valence-electron chi connectivity index (χ1n) is 6.90. The summed E-state index contributed by atoms with van der Waals surface area (Å²) in [6, 6.07) is 2.51. The van der Waals surface area contributed by atoms with Crippen molar-refractivity contribution in [1.29, 1.82) is 0 Å². The molecule has 0 radical (unpaired) electrons. The molecule has 1 saturated heterocycles. The van der Waals surface area contributed by atoms with Gasteiger partial charge in [0.05, 0.1) is 0 Å². The summed E-state index contributed by atoms with van der Waals surface area (Å²) in [6.45, 7) is 4.96. The van der Waals surface area contributed by atoms with Crippen molar-refractivity contribution in [3.05, 3.63) is 6.07 Å². The van der Waals surface area contributed by atoms with E-state index >= 15 is 0 Å². The highest BCUT2D eigenvalue weighted by molar-refractivity contribution is 5.53. The maximum absolute atomic E-state index is 5.80. The molecule has 6 nitrogen and oxygen atoms in total. The largest absolute Gasteiger partial charge is 0.370 e. The van der Waals surface area contributed by atoms with Gasteiger partial charge in [0.1, 0.15) is 11.6 Å². The van der Waals surface area contributed by atoms with E-state index < -0.39 is 0 Å². The Kier molecular flexibility index (Phi) is 4.42. The predicted octanol–water partition coefficient (Wildman–Crippen LogP) is 1.02. The van der Waals surface area contributed by atoms with E-state index in [4.69, 9.17) is 5.73 Å². The maximum Gasteiger partial charge on any atom is 0.223 e. The van der Waals surface area contributed by atoms with Gasteiger partial charge < -0.3 is 20.9 Å². The normalized spacial score (nSPS) is 19.2.